The van der Waals surface area contributed by atoms with E-state index >= 15 is 0 Å². The molecule has 2 N–H and O–H groups in total. The number of nitrogens with one attached hydrogen (secondary N) is 2. The standard InChI is InChI=1S/C15H29N3O2/c1-3-8-17-12-4-6-13(7-5-12)18-9-10-20-11-14(18)15(19)16-2/h12-14,17H,3-11H2,1-2H3,(H,16,19). The number of hydrogen-bond donors (Lipinski definition) is 2. The number of amides is 1. The van der Waals surface area contributed by atoms with Crippen molar-refractivity contribution in [1.82, 2.24) is 15.5 Å². The van der Waals surface area contributed by atoms with E-state index in [2.05, 4.69) is 22.5 Å². The van der Waals surface area contributed by atoms with Crippen LogP contribution in [-0.4, -0.2) is 62.3 Å². The van der Waals surface area contributed by atoms with E-state index in [-0.39, 0.29) is 11.9 Å². The van der Waals surface area contributed by atoms with Crippen LogP contribution in [0.1, 0.15) is 39.0 Å². The number of rotatable bonds is 5. The van der Waals surface area contributed by atoms with E-state index in [1.165, 1.54) is 32.1 Å². The SMILES string of the molecule is CCCNC1CCC(N2CCOCC2C(=O)NC)CC1. The third-order valence-electron chi connectivity index (χ3n) is 4.57. The van der Waals surface area contributed by atoms with Crippen molar-refractivity contribution in [2.75, 3.05) is 33.4 Å². The molecule has 5 heteroatoms. The Labute approximate surface area is 122 Å². The van der Waals surface area contributed by atoms with Crippen LogP contribution >= 0.6 is 0 Å². The summed E-state index contributed by atoms with van der Waals surface area (Å²) in [6, 6.07) is 1.12. The lowest BCUT2D eigenvalue weighted by molar-refractivity contribution is -0.134. The summed E-state index contributed by atoms with van der Waals surface area (Å²) in [6.45, 7) is 5.50. The molecule has 20 heavy (non-hydrogen) atoms. The number of ether oxygens (including phenoxy) is 1. The minimum Gasteiger partial charge on any atom is -0.378 e. The third kappa shape index (κ3) is 3.93. The quantitative estimate of drug-likeness (QED) is 0.781. The smallest absolute Gasteiger partial charge is 0.239 e. The number of likely N-dealkylation sites (N-methyl/N-ethyl adjacent to an activating group) is 1. The Hall–Kier alpha value is -0.650. The summed E-state index contributed by atoms with van der Waals surface area (Å²) in [6.07, 6.45) is 6.02. The molecule has 0 aromatic rings. The van der Waals surface area contributed by atoms with E-state index < -0.39 is 0 Å². The van der Waals surface area contributed by atoms with Gasteiger partial charge >= 0.3 is 0 Å². The molecular formula is C15H29N3O2. The molecule has 1 heterocycles. The molecule has 116 valence electrons. The summed E-state index contributed by atoms with van der Waals surface area (Å²) >= 11 is 0. The number of carbonyl (C=O) groups excluding carboxylic acids is 1. The van der Waals surface area contributed by atoms with Crippen LogP contribution in [0.2, 0.25) is 0 Å². The molecule has 1 amide bonds. The molecule has 0 bridgehead atoms. The van der Waals surface area contributed by atoms with Crippen LogP contribution in [-0.2, 0) is 9.53 Å². The number of morpholine rings is 1. The first-order chi connectivity index (χ1) is 9.76. The second-order valence-corrected chi connectivity index (χ2v) is 5.90. The largest absolute Gasteiger partial charge is 0.378 e. The summed E-state index contributed by atoms with van der Waals surface area (Å²) in [5.41, 5.74) is 0. The van der Waals surface area contributed by atoms with Crippen molar-refractivity contribution in [1.29, 1.82) is 0 Å². The van der Waals surface area contributed by atoms with Gasteiger partial charge in [-0.3, -0.25) is 9.69 Å². The summed E-state index contributed by atoms with van der Waals surface area (Å²) in [7, 11) is 1.71. The molecular weight excluding hydrogens is 254 g/mol. The highest BCUT2D eigenvalue weighted by atomic mass is 16.5. The second-order valence-electron chi connectivity index (χ2n) is 5.90. The van der Waals surface area contributed by atoms with Crippen molar-refractivity contribution in [2.45, 2.75) is 57.2 Å². The molecule has 1 unspecified atom stereocenters. The summed E-state index contributed by atoms with van der Waals surface area (Å²) in [5, 5.41) is 6.38. The van der Waals surface area contributed by atoms with Crippen molar-refractivity contribution in [2.24, 2.45) is 0 Å². The van der Waals surface area contributed by atoms with Crippen molar-refractivity contribution < 1.29 is 9.53 Å². The summed E-state index contributed by atoms with van der Waals surface area (Å²) < 4.78 is 5.49. The number of nitrogens with zero attached hydrogens (tertiary/aromatic N) is 1. The molecule has 2 rings (SSSR count). The predicted molar refractivity (Wildman–Crippen MR) is 79.7 cm³/mol. The molecule has 2 fully saturated rings. The second kappa shape index (κ2) is 7.96. The highest BCUT2D eigenvalue weighted by Gasteiger charge is 2.35. The van der Waals surface area contributed by atoms with Gasteiger partial charge in [-0.1, -0.05) is 6.92 Å². The van der Waals surface area contributed by atoms with Gasteiger partial charge in [0.15, 0.2) is 0 Å². The maximum atomic E-state index is 12.0. The summed E-state index contributed by atoms with van der Waals surface area (Å²) in [4.78, 5) is 14.4. The van der Waals surface area contributed by atoms with Crippen molar-refractivity contribution in [3.63, 3.8) is 0 Å². The topological polar surface area (TPSA) is 53.6 Å². The van der Waals surface area contributed by atoms with Crippen molar-refractivity contribution >= 4 is 5.91 Å². The normalized spacial score (nSPS) is 32.0. The van der Waals surface area contributed by atoms with Gasteiger partial charge in [-0.25, -0.2) is 0 Å². The molecule has 0 radical (unpaired) electrons. The Morgan fingerprint density at radius 1 is 1.30 bits per heavy atom. The molecule has 0 aromatic heterocycles. The molecule has 0 aromatic carbocycles. The maximum Gasteiger partial charge on any atom is 0.239 e. The van der Waals surface area contributed by atoms with Gasteiger partial charge in [0.25, 0.3) is 0 Å². The highest BCUT2D eigenvalue weighted by Crippen LogP contribution is 2.26. The maximum absolute atomic E-state index is 12.0. The first-order valence-corrected chi connectivity index (χ1v) is 8.04. The average molecular weight is 283 g/mol. The van der Waals surface area contributed by atoms with E-state index in [0.29, 0.717) is 18.7 Å². The molecule has 1 saturated heterocycles. The third-order valence-corrected chi connectivity index (χ3v) is 4.57. The van der Waals surface area contributed by atoms with Gasteiger partial charge in [0, 0.05) is 25.7 Å². The molecule has 1 saturated carbocycles. The fraction of sp³-hybridized carbons (Fsp3) is 0.933. The minimum absolute atomic E-state index is 0.0935. The lowest BCUT2D eigenvalue weighted by Gasteiger charge is -2.43. The van der Waals surface area contributed by atoms with Crippen molar-refractivity contribution in [3.8, 4) is 0 Å². The number of carbonyl (C=O) groups is 1. The first-order valence-electron chi connectivity index (χ1n) is 8.04. The zero-order chi connectivity index (χ0) is 14.4. The molecule has 0 spiro atoms. The van der Waals surface area contributed by atoms with E-state index in [1.54, 1.807) is 7.05 Å². The van der Waals surface area contributed by atoms with Gasteiger partial charge in [0.05, 0.1) is 13.2 Å². The Morgan fingerprint density at radius 3 is 2.70 bits per heavy atom. The fourth-order valence-corrected chi connectivity index (χ4v) is 3.41. The van der Waals surface area contributed by atoms with Crippen LogP contribution in [0, 0.1) is 0 Å². The Balaban J connectivity index is 1.85. The highest BCUT2D eigenvalue weighted by molar-refractivity contribution is 5.81. The van der Waals surface area contributed by atoms with Gasteiger partial charge in [-0.05, 0) is 38.6 Å². The van der Waals surface area contributed by atoms with Crippen LogP contribution < -0.4 is 10.6 Å². The van der Waals surface area contributed by atoms with Crippen LogP contribution in [0.3, 0.4) is 0 Å². The fourth-order valence-electron chi connectivity index (χ4n) is 3.41. The Morgan fingerprint density at radius 2 is 2.05 bits per heavy atom. The molecule has 2 aliphatic rings. The zero-order valence-corrected chi connectivity index (χ0v) is 12.9. The molecule has 5 nitrogen and oxygen atoms in total. The lowest BCUT2D eigenvalue weighted by atomic mass is 9.89. The van der Waals surface area contributed by atoms with Crippen molar-refractivity contribution in [3.05, 3.63) is 0 Å². The minimum atomic E-state index is -0.0982. The van der Waals surface area contributed by atoms with Gasteiger partial charge in [0.1, 0.15) is 6.04 Å². The predicted octanol–water partition coefficient (Wildman–Crippen LogP) is 0.744. The molecule has 1 aliphatic heterocycles. The Bertz CT molecular complexity index is 303. The lowest BCUT2D eigenvalue weighted by Crippen LogP contribution is -2.57. The van der Waals surface area contributed by atoms with Crippen LogP contribution in [0.4, 0.5) is 0 Å². The molecule has 1 aliphatic carbocycles. The Kier molecular flexibility index (Phi) is 6.26. The molecule has 1 atom stereocenters. The van der Waals surface area contributed by atoms with Crippen LogP contribution in [0.25, 0.3) is 0 Å². The zero-order valence-electron chi connectivity index (χ0n) is 12.9. The average Bonchev–Trinajstić information content (AvgIpc) is 2.52. The first kappa shape index (κ1) is 15.7. The van der Waals surface area contributed by atoms with Gasteiger partial charge in [-0.15, -0.1) is 0 Å². The van der Waals surface area contributed by atoms with Gasteiger partial charge in [0.2, 0.25) is 5.91 Å². The van der Waals surface area contributed by atoms with Gasteiger partial charge in [-0.2, -0.15) is 0 Å². The monoisotopic (exact) mass is 283 g/mol. The van der Waals surface area contributed by atoms with E-state index in [0.717, 1.165) is 19.7 Å². The van der Waals surface area contributed by atoms with E-state index in [1.807, 2.05) is 0 Å². The van der Waals surface area contributed by atoms with Crippen LogP contribution in [0.5, 0.6) is 0 Å². The van der Waals surface area contributed by atoms with E-state index in [4.69, 9.17) is 4.74 Å². The van der Waals surface area contributed by atoms with E-state index in [9.17, 15) is 4.79 Å². The summed E-state index contributed by atoms with van der Waals surface area (Å²) in [5.74, 6) is 0.0935. The van der Waals surface area contributed by atoms with Gasteiger partial charge < -0.3 is 15.4 Å². The number of hydrogen-bond acceptors (Lipinski definition) is 4. The van der Waals surface area contributed by atoms with Crippen LogP contribution in [0.15, 0.2) is 0 Å².